The molecule has 0 fully saturated rings. The zero-order valence-electron chi connectivity index (χ0n) is 16.9. The number of methoxy groups -OCH3 is 1. The Bertz CT molecular complexity index is 1150. The second-order valence-corrected chi connectivity index (χ2v) is 6.84. The van der Waals surface area contributed by atoms with Crippen molar-refractivity contribution < 1.29 is 32.3 Å². The minimum atomic E-state index is -4.64. The Kier molecular flexibility index (Phi) is 5.83. The maximum Gasteiger partial charge on any atom is 0.416 e. The summed E-state index contributed by atoms with van der Waals surface area (Å²) in [7, 11) is 1.12. The van der Waals surface area contributed by atoms with E-state index >= 15 is 0 Å². The molecule has 5 nitrogen and oxygen atoms in total. The smallest absolute Gasteiger partial charge is 0.416 e. The lowest BCUT2D eigenvalue weighted by Crippen LogP contribution is -2.24. The fourth-order valence-electron chi connectivity index (χ4n) is 3.39. The number of nitrogens with zero attached hydrogens (tertiary/aromatic N) is 1. The first kappa shape index (κ1) is 22.0. The lowest BCUT2D eigenvalue weighted by molar-refractivity contribution is -0.138. The molecule has 0 unspecified atom stereocenters. The van der Waals surface area contributed by atoms with E-state index < -0.39 is 23.6 Å². The van der Waals surface area contributed by atoms with Gasteiger partial charge >= 0.3 is 12.1 Å². The lowest BCUT2D eigenvalue weighted by Gasteiger charge is -2.18. The highest BCUT2D eigenvalue weighted by molar-refractivity contribution is 6.24. The third-order valence-corrected chi connectivity index (χ3v) is 4.87. The van der Waals surface area contributed by atoms with Crippen LogP contribution in [0, 0.1) is 0 Å². The molecule has 0 bridgehead atoms. The Morgan fingerprint density at radius 1 is 1.06 bits per heavy atom. The van der Waals surface area contributed by atoms with Gasteiger partial charge < -0.3 is 4.74 Å². The third kappa shape index (κ3) is 4.14. The first-order valence-corrected chi connectivity index (χ1v) is 9.19. The van der Waals surface area contributed by atoms with Crippen LogP contribution in [0.3, 0.4) is 0 Å². The summed E-state index contributed by atoms with van der Waals surface area (Å²) in [5.41, 5.74) is -0.719. The predicted molar refractivity (Wildman–Crippen MR) is 108 cm³/mol. The van der Waals surface area contributed by atoms with Crippen LogP contribution in [-0.4, -0.2) is 24.8 Å². The highest BCUT2D eigenvalue weighted by atomic mass is 19.4. The van der Waals surface area contributed by atoms with Gasteiger partial charge in [-0.2, -0.15) is 13.2 Å². The quantitative estimate of drug-likeness (QED) is 0.399. The first-order valence-electron chi connectivity index (χ1n) is 9.19. The fraction of sp³-hybridized carbons (Fsp3) is 0.174. The number of allylic oxidation sites excluding steroid dienone is 1. The Balaban J connectivity index is 2.20. The minimum Gasteiger partial charge on any atom is -0.465 e. The lowest BCUT2D eigenvalue weighted by atomic mass is 10.00. The summed E-state index contributed by atoms with van der Waals surface area (Å²) in [6.07, 6.45) is -3.61. The Morgan fingerprint density at radius 3 is 2.35 bits per heavy atom. The van der Waals surface area contributed by atoms with Gasteiger partial charge in [0, 0.05) is 16.9 Å². The van der Waals surface area contributed by atoms with Gasteiger partial charge in [-0.1, -0.05) is 30.3 Å². The summed E-state index contributed by atoms with van der Waals surface area (Å²) in [4.78, 5) is 38.6. The Hall–Kier alpha value is -3.68. The van der Waals surface area contributed by atoms with Gasteiger partial charge in [0.25, 0.3) is 5.91 Å². The van der Waals surface area contributed by atoms with E-state index in [0.29, 0.717) is 11.3 Å². The van der Waals surface area contributed by atoms with Gasteiger partial charge in [-0.25, -0.2) is 4.79 Å². The molecule has 0 saturated heterocycles. The number of ether oxygens (including phenoxy) is 1. The van der Waals surface area contributed by atoms with Crippen LogP contribution in [0.25, 0.3) is 6.08 Å². The van der Waals surface area contributed by atoms with E-state index in [4.69, 9.17) is 4.74 Å². The van der Waals surface area contributed by atoms with Crippen molar-refractivity contribution in [2.45, 2.75) is 20.0 Å². The summed E-state index contributed by atoms with van der Waals surface area (Å²) in [5.74, 6) is -1.78. The Labute approximate surface area is 176 Å². The van der Waals surface area contributed by atoms with Crippen molar-refractivity contribution in [2.24, 2.45) is 0 Å². The number of alkyl halides is 3. The van der Waals surface area contributed by atoms with Crippen LogP contribution in [0.2, 0.25) is 0 Å². The minimum absolute atomic E-state index is 0.141. The summed E-state index contributed by atoms with van der Waals surface area (Å²) in [6.45, 7) is 2.86. The van der Waals surface area contributed by atoms with Crippen molar-refractivity contribution in [1.82, 2.24) is 0 Å². The zero-order chi connectivity index (χ0) is 22.9. The van der Waals surface area contributed by atoms with Gasteiger partial charge in [0.05, 0.1) is 23.8 Å². The Morgan fingerprint density at radius 2 is 1.74 bits per heavy atom. The standard InChI is InChI=1S/C23H18F3NO4/c1-13-20(22(30)31-3)18(12-16-7-4-5-10-19(16)23(24,25)26)21(29)27(13)17-9-6-8-15(11-17)14(2)28/h4-12H,1-3H3/b18-12-. The molecule has 1 aliphatic rings. The average Bonchev–Trinajstić information content (AvgIpc) is 2.96. The van der Waals surface area contributed by atoms with Crippen molar-refractivity contribution in [1.29, 1.82) is 0 Å². The van der Waals surface area contributed by atoms with Crippen LogP contribution >= 0.6 is 0 Å². The highest BCUT2D eigenvalue weighted by Crippen LogP contribution is 2.38. The van der Waals surface area contributed by atoms with E-state index in [9.17, 15) is 27.6 Å². The zero-order valence-corrected chi connectivity index (χ0v) is 16.9. The summed E-state index contributed by atoms with van der Waals surface area (Å²) >= 11 is 0. The van der Waals surface area contributed by atoms with Crippen molar-refractivity contribution >= 4 is 29.4 Å². The predicted octanol–water partition coefficient (Wildman–Crippen LogP) is 4.79. The molecule has 1 heterocycles. The van der Waals surface area contributed by atoms with E-state index in [1.54, 1.807) is 18.2 Å². The normalized spacial score (nSPS) is 15.6. The van der Waals surface area contributed by atoms with Gasteiger partial charge in [0.2, 0.25) is 0 Å². The molecule has 2 aromatic carbocycles. The number of hydrogen-bond donors (Lipinski definition) is 0. The molecule has 0 atom stereocenters. The topological polar surface area (TPSA) is 63.7 Å². The molecule has 0 aromatic heterocycles. The largest absolute Gasteiger partial charge is 0.465 e. The monoisotopic (exact) mass is 429 g/mol. The van der Waals surface area contributed by atoms with E-state index in [-0.39, 0.29) is 28.2 Å². The third-order valence-electron chi connectivity index (χ3n) is 4.87. The number of amides is 1. The average molecular weight is 429 g/mol. The molecule has 1 aliphatic heterocycles. The van der Waals surface area contributed by atoms with Crippen molar-refractivity contribution in [3.8, 4) is 0 Å². The van der Waals surface area contributed by atoms with Crippen LogP contribution in [0.1, 0.15) is 35.3 Å². The van der Waals surface area contributed by atoms with Crippen molar-refractivity contribution in [3.63, 3.8) is 0 Å². The number of Topliss-reactive ketones (excluding diaryl/α,β-unsaturated/α-hetero) is 1. The summed E-state index contributed by atoms with van der Waals surface area (Å²) < 4.78 is 45.0. The fourth-order valence-corrected chi connectivity index (χ4v) is 3.39. The van der Waals surface area contributed by atoms with Crippen LogP contribution in [0.15, 0.2) is 65.4 Å². The SMILES string of the molecule is COC(=O)C1=C(C)N(c2cccc(C(C)=O)c2)C(=O)/C1=C\c1ccccc1C(F)(F)F. The molecule has 1 amide bonds. The van der Waals surface area contributed by atoms with Gasteiger partial charge in [0.15, 0.2) is 5.78 Å². The summed E-state index contributed by atoms with van der Waals surface area (Å²) in [6, 6.07) is 10.9. The van der Waals surface area contributed by atoms with Gasteiger partial charge in [-0.05, 0) is 43.7 Å². The molecule has 0 aliphatic carbocycles. The van der Waals surface area contributed by atoms with E-state index in [0.717, 1.165) is 19.3 Å². The molecular weight excluding hydrogens is 411 g/mol. The van der Waals surface area contributed by atoms with Crippen LogP contribution in [0.4, 0.5) is 18.9 Å². The molecular formula is C23H18F3NO4. The number of benzene rings is 2. The number of anilines is 1. The van der Waals surface area contributed by atoms with Crippen LogP contribution in [-0.2, 0) is 20.5 Å². The number of hydrogen-bond acceptors (Lipinski definition) is 4. The molecule has 0 radical (unpaired) electrons. The molecule has 0 saturated carbocycles. The first-order chi connectivity index (χ1) is 14.6. The maximum absolute atomic E-state index is 13.4. The van der Waals surface area contributed by atoms with Crippen molar-refractivity contribution in [2.75, 3.05) is 12.0 Å². The van der Waals surface area contributed by atoms with E-state index in [2.05, 4.69) is 0 Å². The van der Waals surface area contributed by atoms with E-state index in [1.807, 2.05) is 0 Å². The van der Waals surface area contributed by atoms with Gasteiger partial charge in [-0.3, -0.25) is 14.5 Å². The molecule has 31 heavy (non-hydrogen) atoms. The maximum atomic E-state index is 13.4. The molecule has 160 valence electrons. The second-order valence-electron chi connectivity index (χ2n) is 6.84. The molecule has 3 rings (SSSR count). The second kappa shape index (κ2) is 8.22. The highest BCUT2D eigenvalue weighted by Gasteiger charge is 2.39. The number of rotatable bonds is 4. The number of carbonyl (C=O) groups is 3. The molecule has 2 aromatic rings. The number of esters is 1. The van der Waals surface area contributed by atoms with E-state index in [1.165, 1.54) is 43.0 Å². The van der Waals surface area contributed by atoms with Gasteiger partial charge in [0.1, 0.15) is 0 Å². The number of halogens is 3. The van der Waals surface area contributed by atoms with Crippen molar-refractivity contribution in [3.05, 3.63) is 82.1 Å². The molecule has 0 spiro atoms. The van der Waals surface area contributed by atoms with Gasteiger partial charge in [-0.15, -0.1) is 0 Å². The summed E-state index contributed by atoms with van der Waals surface area (Å²) in [5, 5.41) is 0. The molecule has 8 heteroatoms. The molecule has 0 N–H and O–H groups in total. The number of ketones is 1. The number of carbonyl (C=O) groups excluding carboxylic acids is 3. The van der Waals surface area contributed by atoms with Crippen LogP contribution < -0.4 is 4.90 Å². The van der Waals surface area contributed by atoms with Crippen LogP contribution in [0.5, 0.6) is 0 Å².